The molecule has 2 heterocycles. The fraction of sp³-hybridized carbons (Fsp3) is 0.600. The Morgan fingerprint density at radius 1 is 1.57 bits per heavy atom. The molecule has 116 valence electrons. The number of nitrogens with one attached hydrogen (secondary N) is 1. The van der Waals surface area contributed by atoms with Gasteiger partial charge in [-0.25, -0.2) is 0 Å². The zero-order valence-corrected chi connectivity index (χ0v) is 13.7. The van der Waals surface area contributed by atoms with E-state index in [0.717, 1.165) is 11.4 Å². The molecule has 0 spiro atoms. The van der Waals surface area contributed by atoms with Gasteiger partial charge in [0.15, 0.2) is 0 Å². The van der Waals surface area contributed by atoms with Crippen LogP contribution in [0.15, 0.2) is 17.5 Å². The van der Waals surface area contributed by atoms with E-state index < -0.39 is 0 Å². The number of amides is 2. The van der Waals surface area contributed by atoms with E-state index in [1.165, 1.54) is 0 Å². The van der Waals surface area contributed by atoms with Crippen molar-refractivity contribution in [3.05, 3.63) is 22.4 Å². The van der Waals surface area contributed by atoms with E-state index in [1.807, 2.05) is 43.4 Å². The Morgan fingerprint density at radius 3 is 2.95 bits per heavy atom. The van der Waals surface area contributed by atoms with Crippen LogP contribution in [0.1, 0.15) is 24.3 Å². The highest BCUT2D eigenvalue weighted by molar-refractivity contribution is 7.10. The minimum atomic E-state index is -0.220. The summed E-state index contributed by atoms with van der Waals surface area (Å²) >= 11 is 1.63. The number of carbonyl (C=O) groups excluding carboxylic acids is 2. The highest BCUT2D eigenvalue weighted by atomic mass is 32.1. The van der Waals surface area contributed by atoms with Crippen molar-refractivity contribution in [2.24, 2.45) is 5.92 Å². The number of likely N-dealkylation sites (N-methyl/N-ethyl adjacent to an activating group) is 1. The molecule has 1 aliphatic rings. The first kappa shape index (κ1) is 16.0. The molecule has 0 unspecified atom stereocenters. The molecule has 1 N–H and O–H groups in total. The maximum Gasteiger partial charge on any atom is 0.225 e. The van der Waals surface area contributed by atoms with Crippen LogP contribution in [-0.2, 0) is 9.59 Å². The van der Waals surface area contributed by atoms with Gasteiger partial charge in [0.05, 0.1) is 12.0 Å². The first-order valence-corrected chi connectivity index (χ1v) is 8.11. The van der Waals surface area contributed by atoms with Crippen molar-refractivity contribution in [2.45, 2.75) is 19.4 Å². The third kappa shape index (κ3) is 4.28. The van der Waals surface area contributed by atoms with Crippen LogP contribution in [0.2, 0.25) is 0 Å². The minimum absolute atomic E-state index is 0.00317. The van der Waals surface area contributed by atoms with Gasteiger partial charge in [0.1, 0.15) is 0 Å². The summed E-state index contributed by atoms with van der Waals surface area (Å²) in [5, 5.41) is 5.01. The molecule has 2 atom stereocenters. The van der Waals surface area contributed by atoms with E-state index >= 15 is 0 Å². The van der Waals surface area contributed by atoms with Crippen LogP contribution < -0.4 is 5.32 Å². The van der Waals surface area contributed by atoms with Crippen molar-refractivity contribution >= 4 is 23.2 Å². The molecule has 1 fully saturated rings. The molecule has 0 saturated carbocycles. The van der Waals surface area contributed by atoms with Gasteiger partial charge in [-0.2, -0.15) is 0 Å². The quantitative estimate of drug-likeness (QED) is 0.863. The molecule has 6 heteroatoms. The summed E-state index contributed by atoms with van der Waals surface area (Å²) in [6, 6.07) is 3.99. The Balaban J connectivity index is 1.85. The van der Waals surface area contributed by atoms with Crippen molar-refractivity contribution < 1.29 is 9.59 Å². The second-order valence-corrected chi connectivity index (χ2v) is 6.77. The van der Waals surface area contributed by atoms with Crippen molar-refractivity contribution in [3.8, 4) is 0 Å². The highest BCUT2D eigenvalue weighted by Crippen LogP contribution is 2.22. The van der Waals surface area contributed by atoms with Gasteiger partial charge in [-0.05, 0) is 32.5 Å². The molecule has 1 aromatic heterocycles. The summed E-state index contributed by atoms with van der Waals surface area (Å²) in [5.41, 5.74) is 0. The largest absolute Gasteiger partial charge is 0.348 e. The van der Waals surface area contributed by atoms with Gasteiger partial charge in [-0.1, -0.05) is 6.07 Å². The zero-order valence-electron chi connectivity index (χ0n) is 12.8. The monoisotopic (exact) mass is 309 g/mol. The molecular formula is C15H23N3O2S. The molecule has 2 rings (SSSR count). The van der Waals surface area contributed by atoms with E-state index in [2.05, 4.69) is 5.32 Å². The predicted molar refractivity (Wildman–Crippen MR) is 84.1 cm³/mol. The molecule has 1 saturated heterocycles. The van der Waals surface area contributed by atoms with Crippen molar-refractivity contribution in [2.75, 3.05) is 33.7 Å². The SMILES string of the molecule is C[C@@H](NC(=O)[C@@H]1CC(=O)N(CCN(C)C)C1)c1cccs1. The molecule has 21 heavy (non-hydrogen) atoms. The Kier molecular flexibility index (Phi) is 5.36. The van der Waals surface area contributed by atoms with E-state index in [-0.39, 0.29) is 23.8 Å². The molecule has 0 aromatic carbocycles. The number of rotatable bonds is 6. The topological polar surface area (TPSA) is 52.7 Å². The standard InChI is InChI=1S/C15H23N3O2S/c1-11(13-5-4-8-21-13)16-15(20)12-9-14(19)18(10-12)7-6-17(2)3/h4-5,8,11-12H,6-7,9-10H2,1-3H3,(H,16,20)/t11-,12-/m1/s1. The lowest BCUT2D eigenvalue weighted by atomic mass is 10.1. The summed E-state index contributed by atoms with van der Waals surface area (Å²) < 4.78 is 0. The van der Waals surface area contributed by atoms with Crippen molar-refractivity contribution in [1.82, 2.24) is 15.1 Å². The van der Waals surface area contributed by atoms with E-state index in [0.29, 0.717) is 19.5 Å². The van der Waals surface area contributed by atoms with Gasteiger partial charge in [0.25, 0.3) is 0 Å². The molecule has 1 aromatic rings. The van der Waals surface area contributed by atoms with Crippen molar-refractivity contribution in [1.29, 1.82) is 0 Å². The minimum Gasteiger partial charge on any atom is -0.348 e. The number of nitrogens with zero attached hydrogens (tertiary/aromatic N) is 2. The van der Waals surface area contributed by atoms with Gasteiger partial charge in [-0.3, -0.25) is 9.59 Å². The van der Waals surface area contributed by atoms with Crippen LogP contribution in [0.5, 0.6) is 0 Å². The summed E-state index contributed by atoms with van der Waals surface area (Å²) in [5.74, 6) is -0.153. The fourth-order valence-corrected chi connectivity index (χ4v) is 3.16. The molecule has 0 bridgehead atoms. The van der Waals surface area contributed by atoms with Crippen LogP contribution >= 0.6 is 11.3 Å². The van der Waals surface area contributed by atoms with Crippen LogP contribution in [0, 0.1) is 5.92 Å². The number of likely N-dealkylation sites (tertiary alicyclic amines) is 1. The smallest absolute Gasteiger partial charge is 0.225 e. The second kappa shape index (κ2) is 7.04. The van der Waals surface area contributed by atoms with Crippen LogP contribution in [0.3, 0.4) is 0 Å². The highest BCUT2D eigenvalue weighted by Gasteiger charge is 2.34. The molecule has 5 nitrogen and oxygen atoms in total. The number of carbonyl (C=O) groups is 2. The van der Waals surface area contributed by atoms with Crippen LogP contribution in [0.25, 0.3) is 0 Å². The summed E-state index contributed by atoms with van der Waals surface area (Å²) in [6.07, 6.45) is 0.330. The summed E-state index contributed by atoms with van der Waals surface area (Å²) in [6.45, 7) is 4.03. The Morgan fingerprint density at radius 2 is 2.33 bits per heavy atom. The van der Waals surface area contributed by atoms with E-state index in [1.54, 1.807) is 16.2 Å². The maximum atomic E-state index is 12.3. The number of hydrogen-bond donors (Lipinski definition) is 1. The van der Waals surface area contributed by atoms with Crippen LogP contribution in [0.4, 0.5) is 0 Å². The summed E-state index contributed by atoms with van der Waals surface area (Å²) in [4.78, 5) is 29.2. The summed E-state index contributed by atoms with van der Waals surface area (Å²) in [7, 11) is 3.96. The Hall–Kier alpha value is -1.40. The van der Waals surface area contributed by atoms with Gasteiger partial charge < -0.3 is 15.1 Å². The van der Waals surface area contributed by atoms with E-state index in [4.69, 9.17) is 0 Å². The lowest BCUT2D eigenvalue weighted by Gasteiger charge is -2.19. The van der Waals surface area contributed by atoms with Crippen molar-refractivity contribution in [3.63, 3.8) is 0 Å². The number of hydrogen-bond acceptors (Lipinski definition) is 4. The third-order valence-electron chi connectivity index (χ3n) is 3.73. The van der Waals surface area contributed by atoms with E-state index in [9.17, 15) is 9.59 Å². The maximum absolute atomic E-state index is 12.3. The Bertz CT molecular complexity index is 487. The number of thiophene rings is 1. The Labute approximate surface area is 129 Å². The fourth-order valence-electron chi connectivity index (χ4n) is 2.42. The molecule has 2 amide bonds. The van der Waals surface area contributed by atoms with Gasteiger partial charge in [0.2, 0.25) is 11.8 Å². The lowest BCUT2D eigenvalue weighted by Crippen LogP contribution is -2.36. The third-order valence-corrected chi connectivity index (χ3v) is 4.79. The zero-order chi connectivity index (χ0) is 15.4. The molecule has 0 radical (unpaired) electrons. The van der Waals surface area contributed by atoms with Gasteiger partial charge >= 0.3 is 0 Å². The normalized spacial score (nSPS) is 20.1. The molecule has 1 aliphatic heterocycles. The first-order chi connectivity index (χ1) is 9.97. The average Bonchev–Trinajstić information content (AvgIpc) is 3.05. The van der Waals surface area contributed by atoms with Gasteiger partial charge in [-0.15, -0.1) is 11.3 Å². The molecular weight excluding hydrogens is 286 g/mol. The predicted octanol–water partition coefficient (Wildman–Crippen LogP) is 1.34. The van der Waals surface area contributed by atoms with Gasteiger partial charge in [0, 0.05) is 30.9 Å². The average molecular weight is 309 g/mol. The molecule has 0 aliphatic carbocycles. The second-order valence-electron chi connectivity index (χ2n) is 5.79. The lowest BCUT2D eigenvalue weighted by molar-refractivity contribution is -0.129. The first-order valence-electron chi connectivity index (χ1n) is 7.23. The van der Waals surface area contributed by atoms with Crippen LogP contribution in [-0.4, -0.2) is 55.3 Å².